The fourth-order valence-electron chi connectivity index (χ4n) is 2.95. The van der Waals surface area contributed by atoms with E-state index in [9.17, 15) is 4.79 Å². The third-order valence-electron chi connectivity index (χ3n) is 4.23. The number of nitrogens with zero attached hydrogens (tertiary/aromatic N) is 4. The molecule has 138 valence electrons. The largest absolute Gasteiger partial charge is 0.493 e. The van der Waals surface area contributed by atoms with Crippen LogP contribution in [0.3, 0.4) is 0 Å². The van der Waals surface area contributed by atoms with Crippen LogP contribution in [0.5, 0.6) is 11.5 Å². The maximum absolute atomic E-state index is 11.9. The summed E-state index contributed by atoms with van der Waals surface area (Å²) in [7, 11) is 3.06. The second-order valence-corrected chi connectivity index (χ2v) is 6.26. The summed E-state index contributed by atoms with van der Waals surface area (Å²) in [5, 5.41) is 7.67. The highest BCUT2D eigenvalue weighted by Gasteiger charge is 2.21. The first kappa shape index (κ1) is 17.3. The Kier molecular flexibility index (Phi) is 4.41. The Labute approximate surface area is 160 Å². The number of fused-ring (bicyclic) bond motifs is 1. The lowest BCUT2D eigenvalue weighted by atomic mass is 10.1. The number of carbonyl (C=O) groups is 1. The minimum absolute atomic E-state index is 0.138. The van der Waals surface area contributed by atoms with E-state index in [1.807, 2.05) is 0 Å². The zero-order valence-electron chi connectivity index (χ0n) is 14.7. The molecule has 4 rings (SSSR count). The van der Waals surface area contributed by atoms with Gasteiger partial charge in [0.25, 0.3) is 5.91 Å². The number of nitrogens with one attached hydrogen (secondary N) is 1. The number of ether oxygens (including phenoxy) is 2. The van der Waals surface area contributed by atoms with Crippen LogP contribution < -0.4 is 14.8 Å². The number of hydrogen-bond acceptors (Lipinski definition) is 6. The molecule has 27 heavy (non-hydrogen) atoms. The molecule has 0 atom stereocenters. The van der Waals surface area contributed by atoms with E-state index in [1.165, 1.54) is 14.2 Å². The number of halogens is 1. The van der Waals surface area contributed by atoms with E-state index in [2.05, 4.69) is 20.4 Å². The van der Waals surface area contributed by atoms with Crippen molar-refractivity contribution in [1.82, 2.24) is 25.1 Å². The SMILES string of the molecule is COc1cc(-c2nccc(-c3cc4n(n3)CCNC4=O)n2)cc(Cl)c1OC. The van der Waals surface area contributed by atoms with Crippen LogP contribution in [0.1, 0.15) is 10.5 Å². The van der Waals surface area contributed by atoms with Crippen LogP contribution in [-0.4, -0.2) is 46.4 Å². The van der Waals surface area contributed by atoms with E-state index in [4.69, 9.17) is 21.1 Å². The number of amides is 1. The molecule has 1 aromatic carbocycles. The van der Waals surface area contributed by atoms with Gasteiger partial charge in [-0.15, -0.1) is 0 Å². The van der Waals surface area contributed by atoms with Crippen LogP contribution in [-0.2, 0) is 6.54 Å². The number of carbonyl (C=O) groups excluding carboxylic acids is 1. The average molecular weight is 386 g/mol. The lowest BCUT2D eigenvalue weighted by Crippen LogP contribution is -2.35. The Bertz CT molecular complexity index is 1030. The summed E-state index contributed by atoms with van der Waals surface area (Å²) in [4.78, 5) is 20.8. The van der Waals surface area contributed by atoms with Crippen molar-refractivity contribution in [2.75, 3.05) is 20.8 Å². The standard InChI is InChI=1S/C18H16ClN5O3/c1-26-15-8-10(7-11(19)16(15)27-2)17-20-4-3-12(22-17)13-9-14-18(25)21-5-6-24(14)23-13/h3-4,7-9H,5-6H2,1-2H3,(H,21,25). The molecule has 0 bridgehead atoms. The molecule has 0 radical (unpaired) electrons. The molecule has 1 N–H and O–H groups in total. The number of aromatic nitrogens is 4. The van der Waals surface area contributed by atoms with Gasteiger partial charge in [-0.3, -0.25) is 9.48 Å². The molecule has 1 amide bonds. The van der Waals surface area contributed by atoms with Crippen molar-refractivity contribution >= 4 is 17.5 Å². The third-order valence-corrected chi connectivity index (χ3v) is 4.51. The topological polar surface area (TPSA) is 91.2 Å². The highest BCUT2D eigenvalue weighted by atomic mass is 35.5. The van der Waals surface area contributed by atoms with Gasteiger partial charge in [-0.1, -0.05) is 11.6 Å². The van der Waals surface area contributed by atoms with Gasteiger partial charge < -0.3 is 14.8 Å². The first-order chi connectivity index (χ1) is 13.1. The van der Waals surface area contributed by atoms with E-state index < -0.39 is 0 Å². The predicted molar refractivity (Wildman–Crippen MR) is 99.1 cm³/mol. The van der Waals surface area contributed by atoms with E-state index in [0.29, 0.717) is 58.1 Å². The Morgan fingerprint density at radius 1 is 1.19 bits per heavy atom. The van der Waals surface area contributed by atoms with Gasteiger partial charge in [-0.25, -0.2) is 9.97 Å². The Morgan fingerprint density at radius 2 is 2.04 bits per heavy atom. The summed E-state index contributed by atoms with van der Waals surface area (Å²) in [6, 6.07) is 6.95. The first-order valence-electron chi connectivity index (χ1n) is 8.22. The van der Waals surface area contributed by atoms with Crippen LogP contribution in [0.4, 0.5) is 0 Å². The zero-order chi connectivity index (χ0) is 19.0. The van der Waals surface area contributed by atoms with Crippen molar-refractivity contribution in [2.45, 2.75) is 6.54 Å². The van der Waals surface area contributed by atoms with E-state index in [1.54, 1.807) is 35.1 Å². The molecule has 0 aliphatic carbocycles. The Hall–Kier alpha value is -3.13. The fraction of sp³-hybridized carbons (Fsp3) is 0.222. The van der Waals surface area contributed by atoms with Gasteiger partial charge in [-0.2, -0.15) is 5.10 Å². The van der Waals surface area contributed by atoms with Crippen molar-refractivity contribution in [1.29, 1.82) is 0 Å². The molecule has 3 heterocycles. The second-order valence-electron chi connectivity index (χ2n) is 5.85. The van der Waals surface area contributed by atoms with Crippen LogP contribution in [0.15, 0.2) is 30.5 Å². The minimum Gasteiger partial charge on any atom is -0.493 e. The summed E-state index contributed by atoms with van der Waals surface area (Å²) < 4.78 is 12.3. The van der Waals surface area contributed by atoms with Crippen molar-refractivity contribution in [3.63, 3.8) is 0 Å². The van der Waals surface area contributed by atoms with Crippen molar-refractivity contribution in [3.8, 4) is 34.3 Å². The minimum atomic E-state index is -0.138. The molecule has 0 spiro atoms. The van der Waals surface area contributed by atoms with Crippen LogP contribution in [0.2, 0.25) is 5.02 Å². The molecule has 0 unspecified atom stereocenters. The molecular weight excluding hydrogens is 370 g/mol. The summed E-state index contributed by atoms with van der Waals surface area (Å²) >= 11 is 6.28. The van der Waals surface area contributed by atoms with E-state index in [-0.39, 0.29) is 5.91 Å². The maximum Gasteiger partial charge on any atom is 0.269 e. The van der Waals surface area contributed by atoms with Gasteiger partial charge >= 0.3 is 0 Å². The molecule has 8 nitrogen and oxygen atoms in total. The fourth-order valence-corrected chi connectivity index (χ4v) is 3.24. The number of benzene rings is 1. The first-order valence-corrected chi connectivity index (χ1v) is 8.60. The predicted octanol–water partition coefficient (Wildman–Crippen LogP) is 2.42. The lowest BCUT2D eigenvalue weighted by molar-refractivity contribution is 0.0924. The van der Waals surface area contributed by atoms with E-state index >= 15 is 0 Å². The van der Waals surface area contributed by atoms with Gasteiger partial charge in [0.1, 0.15) is 11.4 Å². The molecular formula is C18H16ClN5O3. The van der Waals surface area contributed by atoms with Crippen molar-refractivity contribution < 1.29 is 14.3 Å². The van der Waals surface area contributed by atoms with Crippen molar-refractivity contribution in [2.24, 2.45) is 0 Å². The normalized spacial score (nSPS) is 13.1. The zero-order valence-corrected chi connectivity index (χ0v) is 15.4. The molecule has 9 heteroatoms. The highest BCUT2D eigenvalue weighted by molar-refractivity contribution is 6.32. The molecule has 0 fully saturated rings. The van der Waals surface area contributed by atoms with Gasteiger partial charge in [0.2, 0.25) is 0 Å². The number of hydrogen-bond donors (Lipinski definition) is 1. The Morgan fingerprint density at radius 3 is 2.78 bits per heavy atom. The molecule has 2 aromatic heterocycles. The second kappa shape index (κ2) is 6.88. The number of rotatable bonds is 4. The maximum atomic E-state index is 11.9. The molecule has 3 aromatic rings. The summed E-state index contributed by atoms with van der Waals surface area (Å²) in [6.45, 7) is 1.19. The van der Waals surface area contributed by atoms with Gasteiger partial charge in [0.05, 0.1) is 31.5 Å². The lowest BCUT2D eigenvalue weighted by Gasteiger charge is -2.13. The third kappa shape index (κ3) is 3.08. The van der Waals surface area contributed by atoms with Gasteiger partial charge in [0, 0.05) is 18.3 Å². The van der Waals surface area contributed by atoms with Crippen LogP contribution >= 0.6 is 11.6 Å². The molecule has 0 saturated carbocycles. The molecule has 0 saturated heterocycles. The smallest absolute Gasteiger partial charge is 0.269 e. The Balaban J connectivity index is 1.76. The highest BCUT2D eigenvalue weighted by Crippen LogP contribution is 2.38. The monoisotopic (exact) mass is 385 g/mol. The van der Waals surface area contributed by atoms with Crippen LogP contribution in [0, 0.1) is 0 Å². The summed E-state index contributed by atoms with van der Waals surface area (Å²) in [6.07, 6.45) is 1.64. The quantitative estimate of drug-likeness (QED) is 0.741. The summed E-state index contributed by atoms with van der Waals surface area (Å²) in [5.41, 5.74) is 2.42. The van der Waals surface area contributed by atoms with Crippen LogP contribution in [0.25, 0.3) is 22.8 Å². The van der Waals surface area contributed by atoms with Gasteiger partial charge in [-0.05, 0) is 24.3 Å². The van der Waals surface area contributed by atoms with E-state index in [0.717, 1.165) is 0 Å². The average Bonchev–Trinajstić information content (AvgIpc) is 3.13. The molecule has 1 aliphatic heterocycles. The van der Waals surface area contributed by atoms with Crippen molar-refractivity contribution in [3.05, 3.63) is 41.2 Å². The van der Waals surface area contributed by atoms with Gasteiger partial charge in [0.15, 0.2) is 17.3 Å². The number of methoxy groups -OCH3 is 2. The molecule has 1 aliphatic rings. The summed E-state index contributed by atoms with van der Waals surface area (Å²) in [5.74, 6) is 1.27.